The van der Waals surface area contributed by atoms with Crippen molar-refractivity contribution in [1.29, 1.82) is 0 Å². The molecule has 2 amide bonds. The highest BCUT2D eigenvalue weighted by atomic mass is 16.5. The van der Waals surface area contributed by atoms with Gasteiger partial charge in [-0.3, -0.25) is 19.9 Å². The van der Waals surface area contributed by atoms with Crippen LogP contribution in [0.1, 0.15) is 31.5 Å². The number of ether oxygens (including phenoxy) is 1. The third kappa shape index (κ3) is 4.34. The first-order valence-corrected chi connectivity index (χ1v) is 8.91. The highest BCUT2D eigenvalue weighted by Crippen LogP contribution is 2.33. The molecule has 4 N–H and O–H groups in total. The average Bonchev–Trinajstić information content (AvgIpc) is 2.67. The van der Waals surface area contributed by atoms with E-state index >= 15 is 0 Å². The number of fused-ring (bicyclic) bond motifs is 4. The van der Waals surface area contributed by atoms with Gasteiger partial charge in [-0.1, -0.05) is 13.0 Å². The number of hydrogen-bond acceptors (Lipinski definition) is 6. The molecule has 1 aliphatic rings. The van der Waals surface area contributed by atoms with Crippen LogP contribution in [0.5, 0.6) is 0 Å². The number of hydrogen-bond donors (Lipinski definition) is 3. The molecular formula is C20H22N4O4. The van der Waals surface area contributed by atoms with Crippen molar-refractivity contribution in [2.75, 3.05) is 17.7 Å². The number of rotatable bonds is 1. The van der Waals surface area contributed by atoms with Gasteiger partial charge < -0.3 is 15.8 Å². The van der Waals surface area contributed by atoms with Crippen LogP contribution in [0.15, 0.2) is 36.5 Å². The first kappa shape index (κ1) is 19.5. The molecule has 0 fully saturated rings. The standard InChI is InChI=1S/C20H22N4O4/c1-11-7-14(25)10-16(21)18-8-12(5-6-22-18)15-4-3-13(23-20(27)28-2)9-17(15)24-19(11)26/h3-6,8-9,11,16H,7,10,21H2,1-2H3,(H,23,27)(H,24,26)/t11-,16+/m1/s1. The van der Waals surface area contributed by atoms with Crippen molar-refractivity contribution in [3.05, 3.63) is 42.2 Å². The summed E-state index contributed by atoms with van der Waals surface area (Å²) < 4.78 is 4.61. The van der Waals surface area contributed by atoms with Gasteiger partial charge in [0.05, 0.1) is 24.5 Å². The van der Waals surface area contributed by atoms with Gasteiger partial charge >= 0.3 is 6.09 Å². The van der Waals surface area contributed by atoms with Crippen molar-refractivity contribution in [3.63, 3.8) is 0 Å². The molecule has 1 aromatic carbocycles. The second-order valence-corrected chi connectivity index (χ2v) is 6.79. The fourth-order valence-electron chi connectivity index (χ4n) is 3.09. The quantitative estimate of drug-likeness (QED) is 0.697. The summed E-state index contributed by atoms with van der Waals surface area (Å²) in [4.78, 5) is 40.7. The molecule has 2 aromatic rings. The largest absolute Gasteiger partial charge is 0.453 e. The number of nitrogens with zero attached hydrogens (tertiary/aromatic N) is 1. The number of anilines is 2. The van der Waals surface area contributed by atoms with Crippen LogP contribution in [0.4, 0.5) is 16.2 Å². The number of ketones is 1. The van der Waals surface area contributed by atoms with E-state index < -0.39 is 18.1 Å². The summed E-state index contributed by atoms with van der Waals surface area (Å²) in [6, 6.07) is 8.21. The number of nitrogens with two attached hydrogens (primary N) is 1. The highest BCUT2D eigenvalue weighted by molar-refractivity contribution is 6.00. The normalized spacial score (nSPS) is 19.5. The van der Waals surface area contributed by atoms with Crippen LogP contribution in [-0.4, -0.2) is 29.9 Å². The van der Waals surface area contributed by atoms with Gasteiger partial charge in [0.15, 0.2) is 0 Å². The summed E-state index contributed by atoms with van der Waals surface area (Å²) in [6.45, 7) is 1.69. The minimum absolute atomic E-state index is 0.0919. The molecule has 0 spiro atoms. The number of pyridine rings is 1. The van der Waals surface area contributed by atoms with Crippen LogP contribution in [0.3, 0.4) is 0 Å². The Morgan fingerprint density at radius 1 is 1.25 bits per heavy atom. The van der Waals surface area contributed by atoms with Crippen LogP contribution in [0.25, 0.3) is 11.1 Å². The van der Waals surface area contributed by atoms with Gasteiger partial charge in [0.25, 0.3) is 0 Å². The Bertz CT molecular complexity index is 928. The van der Waals surface area contributed by atoms with E-state index in [9.17, 15) is 14.4 Å². The Morgan fingerprint density at radius 3 is 2.79 bits per heavy atom. The predicted octanol–water partition coefficient (Wildman–Crippen LogP) is 2.86. The number of aromatic nitrogens is 1. The molecule has 146 valence electrons. The molecule has 0 aliphatic carbocycles. The van der Waals surface area contributed by atoms with Crippen LogP contribution < -0.4 is 16.4 Å². The zero-order chi connectivity index (χ0) is 20.3. The van der Waals surface area contributed by atoms with Crippen molar-refractivity contribution >= 4 is 29.2 Å². The van der Waals surface area contributed by atoms with E-state index in [0.717, 1.165) is 11.1 Å². The van der Waals surface area contributed by atoms with Crippen molar-refractivity contribution in [1.82, 2.24) is 4.98 Å². The molecular weight excluding hydrogens is 360 g/mol. The molecule has 0 saturated carbocycles. The fraction of sp³-hybridized carbons (Fsp3) is 0.300. The molecule has 0 unspecified atom stereocenters. The van der Waals surface area contributed by atoms with E-state index in [1.807, 2.05) is 0 Å². The molecule has 0 radical (unpaired) electrons. The lowest BCUT2D eigenvalue weighted by atomic mass is 9.95. The van der Waals surface area contributed by atoms with Gasteiger partial charge in [-0.2, -0.15) is 0 Å². The second-order valence-electron chi connectivity index (χ2n) is 6.79. The lowest BCUT2D eigenvalue weighted by Crippen LogP contribution is -2.25. The van der Waals surface area contributed by atoms with Crippen LogP contribution in [0, 0.1) is 5.92 Å². The van der Waals surface area contributed by atoms with E-state index in [-0.39, 0.29) is 24.5 Å². The second kappa shape index (κ2) is 8.18. The molecule has 2 bridgehead atoms. The fourth-order valence-corrected chi connectivity index (χ4v) is 3.09. The smallest absolute Gasteiger partial charge is 0.411 e. The number of carbonyl (C=O) groups is 3. The van der Waals surface area contributed by atoms with Crippen molar-refractivity contribution in [3.8, 4) is 11.1 Å². The topological polar surface area (TPSA) is 123 Å². The van der Waals surface area contributed by atoms with Gasteiger partial charge in [-0.05, 0) is 29.8 Å². The predicted molar refractivity (Wildman–Crippen MR) is 105 cm³/mol. The van der Waals surface area contributed by atoms with E-state index in [1.54, 1.807) is 43.5 Å². The van der Waals surface area contributed by atoms with E-state index in [1.165, 1.54) is 7.11 Å². The summed E-state index contributed by atoms with van der Waals surface area (Å²) in [5.41, 5.74) is 9.27. The van der Waals surface area contributed by atoms with Gasteiger partial charge in [0.1, 0.15) is 5.78 Å². The zero-order valence-corrected chi connectivity index (χ0v) is 15.7. The SMILES string of the molecule is COC(=O)Nc1ccc2c(c1)NC(=O)[C@H](C)CC(=O)C[C@H](N)c1cc-2ccn1. The lowest BCUT2D eigenvalue weighted by molar-refractivity contribution is -0.126. The van der Waals surface area contributed by atoms with E-state index in [0.29, 0.717) is 17.1 Å². The third-order valence-corrected chi connectivity index (χ3v) is 4.61. The third-order valence-electron chi connectivity index (χ3n) is 4.61. The Hall–Kier alpha value is -3.26. The van der Waals surface area contributed by atoms with E-state index in [4.69, 9.17) is 5.73 Å². The van der Waals surface area contributed by atoms with E-state index in [2.05, 4.69) is 20.4 Å². The zero-order valence-electron chi connectivity index (χ0n) is 15.7. The molecule has 28 heavy (non-hydrogen) atoms. The Balaban J connectivity index is 2.10. The highest BCUT2D eigenvalue weighted by Gasteiger charge is 2.23. The molecule has 1 aromatic heterocycles. The number of amides is 2. The Labute approximate surface area is 162 Å². The van der Waals surface area contributed by atoms with Gasteiger partial charge in [-0.15, -0.1) is 0 Å². The molecule has 3 rings (SSSR count). The van der Waals surface area contributed by atoms with Crippen LogP contribution >= 0.6 is 0 Å². The molecule has 2 heterocycles. The maximum atomic E-state index is 12.6. The first-order valence-electron chi connectivity index (χ1n) is 8.91. The number of benzene rings is 1. The molecule has 0 saturated heterocycles. The summed E-state index contributed by atoms with van der Waals surface area (Å²) in [5.74, 6) is -0.895. The van der Waals surface area contributed by atoms with Crippen LogP contribution in [0.2, 0.25) is 0 Å². The van der Waals surface area contributed by atoms with Crippen molar-refractivity contribution in [2.24, 2.45) is 11.7 Å². The summed E-state index contributed by atoms with van der Waals surface area (Å²) in [5, 5.41) is 5.44. The minimum atomic E-state index is -0.615. The van der Waals surface area contributed by atoms with Crippen molar-refractivity contribution in [2.45, 2.75) is 25.8 Å². The molecule has 8 heteroatoms. The maximum absolute atomic E-state index is 12.6. The average molecular weight is 382 g/mol. The van der Waals surface area contributed by atoms with Crippen LogP contribution in [-0.2, 0) is 14.3 Å². The van der Waals surface area contributed by atoms with Gasteiger partial charge in [0, 0.05) is 36.2 Å². The number of nitrogens with one attached hydrogen (secondary N) is 2. The summed E-state index contributed by atoms with van der Waals surface area (Å²) >= 11 is 0. The Morgan fingerprint density at radius 2 is 2.04 bits per heavy atom. The monoisotopic (exact) mass is 382 g/mol. The number of methoxy groups -OCH3 is 1. The first-order chi connectivity index (χ1) is 13.4. The minimum Gasteiger partial charge on any atom is -0.453 e. The summed E-state index contributed by atoms with van der Waals surface area (Å²) in [6.07, 6.45) is 1.23. The summed E-state index contributed by atoms with van der Waals surface area (Å²) in [7, 11) is 1.27. The molecule has 2 atom stereocenters. The maximum Gasteiger partial charge on any atom is 0.411 e. The molecule has 8 nitrogen and oxygen atoms in total. The molecule has 1 aliphatic heterocycles. The number of Topliss-reactive ketones (excluding diaryl/α,β-unsaturated/α-hetero) is 1. The lowest BCUT2D eigenvalue weighted by Gasteiger charge is -2.19. The number of carbonyl (C=O) groups excluding carboxylic acids is 3. The van der Waals surface area contributed by atoms with Gasteiger partial charge in [0.2, 0.25) is 5.91 Å². The Kier molecular flexibility index (Phi) is 5.70. The van der Waals surface area contributed by atoms with Gasteiger partial charge in [-0.25, -0.2) is 4.79 Å². The van der Waals surface area contributed by atoms with Crippen molar-refractivity contribution < 1.29 is 19.1 Å².